The van der Waals surface area contributed by atoms with E-state index < -0.39 is 33.9 Å². The van der Waals surface area contributed by atoms with Gasteiger partial charge in [0.25, 0.3) is 12.6 Å². The molecule has 0 radical (unpaired) electrons. The van der Waals surface area contributed by atoms with E-state index in [1.54, 1.807) is 66.6 Å². The number of amides is 2. The summed E-state index contributed by atoms with van der Waals surface area (Å²) in [4.78, 5) is 38.1. The second kappa shape index (κ2) is 16.4. The minimum absolute atomic E-state index is 0.00166. The third kappa shape index (κ3) is 11.9. The van der Waals surface area contributed by atoms with Crippen molar-refractivity contribution in [2.75, 3.05) is 16.9 Å². The van der Waals surface area contributed by atoms with Gasteiger partial charge in [-0.15, -0.1) is 0 Å². The average Bonchev–Trinajstić information content (AvgIpc) is 3.49. The lowest BCUT2D eigenvalue weighted by Gasteiger charge is -2.14. The fraction of sp³-hybridized carbons (Fsp3) is 0.235. The van der Waals surface area contributed by atoms with Crippen molar-refractivity contribution in [1.29, 1.82) is 0 Å². The van der Waals surface area contributed by atoms with Crippen molar-refractivity contribution in [3.05, 3.63) is 108 Å². The minimum atomic E-state index is -4.63. The number of alkyl halides is 3. The zero-order valence-corrected chi connectivity index (χ0v) is 29.4. The van der Waals surface area contributed by atoms with Crippen LogP contribution in [0.25, 0.3) is 16.9 Å². The lowest BCUT2D eigenvalue weighted by Crippen LogP contribution is -2.39. The monoisotopic (exact) mass is 740 g/mol. The molecule has 0 saturated carbocycles. The van der Waals surface area contributed by atoms with E-state index >= 15 is 0 Å². The van der Waals surface area contributed by atoms with Gasteiger partial charge in [-0.2, -0.15) is 17.7 Å². The maximum atomic E-state index is 13.7. The maximum Gasteiger partial charge on any atom is 0.416 e. The molecule has 5 rings (SSSR count). The van der Waals surface area contributed by atoms with Gasteiger partial charge in [0.1, 0.15) is 0 Å². The van der Waals surface area contributed by atoms with E-state index in [4.69, 9.17) is 17.7 Å². The zero-order valence-electron chi connectivity index (χ0n) is 28.6. The number of rotatable bonds is 9. The van der Waals surface area contributed by atoms with Crippen molar-refractivity contribution in [3.8, 4) is 16.9 Å². The maximum absolute atomic E-state index is 13.7. The predicted octanol–water partition coefficient (Wildman–Crippen LogP) is 5.50. The summed E-state index contributed by atoms with van der Waals surface area (Å²) in [7, 11) is -3.92. The lowest BCUT2D eigenvalue weighted by molar-refractivity contribution is -0.726. The van der Waals surface area contributed by atoms with Gasteiger partial charge in [-0.3, -0.25) is 4.79 Å². The van der Waals surface area contributed by atoms with Crippen LogP contribution in [0.15, 0.2) is 85.7 Å². The van der Waals surface area contributed by atoms with Crippen molar-refractivity contribution in [2.24, 2.45) is 0 Å². The summed E-state index contributed by atoms with van der Waals surface area (Å²) in [6.07, 6.45) is 3.56. The van der Waals surface area contributed by atoms with Gasteiger partial charge in [0, 0.05) is 53.4 Å². The lowest BCUT2D eigenvalue weighted by atomic mass is 10.1. The van der Waals surface area contributed by atoms with E-state index in [1.165, 1.54) is 17.0 Å². The molecule has 2 aromatic carbocycles. The summed E-state index contributed by atoms with van der Waals surface area (Å²) in [6.45, 7) is 7.23. The molecule has 5 aromatic rings. The molecule has 274 valence electrons. The summed E-state index contributed by atoms with van der Waals surface area (Å²) in [5.74, 6) is -0.350. The normalized spacial score (nSPS) is 11.3. The molecule has 0 bridgehead atoms. The van der Waals surface area contributed by atoms with Crippen LogP contribution in [0, 0.1) is 13.8 Å². The number of carbonyl (C=O) groups excluding carboxylic acids is 2. The number of hydrogen-bond acceptors (Lipinski definition) is 10. The Morgan fingerprint density at radius 1 is 1.06 bits per heavy atom. The van der Waals surface area contributed by atoms with E-state index in [-0.39, 0.29) is 35.7 Å². The van der Waals surface area contributed by atoms with Gasteiger partial charge < -0.3 is 29.8 Å². The number of hydrogen-bond donors (Lipinski definition) is 3. The molecule has 3 aromatic heterocycles. The van der Waals surface area contributed by atoms with Crippen LogP contribution in [-0.4, -0.2) is 56.8 Å². The number of carbonyl (C=O) groups is 2. The number of imidazole rings is 1. The Morgan fingerprint density at radius 3 is 2.44 bits per heavy atom. The number of nitrogens with one attached hydrogen (secondary N) is 3. The number of ether oxygens (including phenoxy) is 1. The summed E-state index contributed by atoms with van der Waals surface area (Å²) < 4.78 is 76.8. The van der Waals surface area contributed by atoms with Gasteiger partial charge in [0.2, 0.25) is 5.95 Å². The second-order valence-electron chi connectivity index (χ2n) is 11.7. The van der Waals surface area contributed by atoms with Crippen LogP contribution in [0.2, 0.25) is 0 Å². The third-order valence-electron chi connectivity index (χ3n) is 6.82. The van der Waals surface area contributed by atoms with Gasteiger partial charge >= 0.3 is 12.3 Å². The number of aromatic nitrogens is 5. The van der Waals surface area contributed by atoms with E-state index in [1.807, 2.05) is 26.8 Å². The van der Waals surface area contributed by atoms with Crippen LogP contribution >= 0.6 is 0 Å². The number of benzene rings is 2. The highest BCUT2D eigenvalue weighted by Crippen LogP contribution is 2.33. The number of anilines is 3. The number of alkyl carbamates (subject to hydrolysis) is 1. The SMILES string of the molecule is CS(=O)(=O)[O-].Cc1cn(-c2cc(NC(=O)c3ccc(C)c(Nc4nccc(-c5ccc[n+](COC(=O)NC(C)C)c5)n4)c3)cc(C(F)(F)F)c2)cn1. The van der Waals surface area contributed by atoms with Crippen LogP contribution in [0.1, 0.15) is 41.0 Å². The Labute approximate surface area is 297 Å². The minimum Gasteiger partial charge on any atom is -0.748 e. The van der Waals surface area contributed by atoms with Gasteiger partial charge in [0.05, 0.1) is 39.0 Å². The first kappa shape index (κ1) is 38.9. The molecule has 3 N–H and O–H groups in total. The molecule has 0 unspecified atom stereocenters. The first-order valence-corrected chi connectivity index (χ1v) is 17.2. The Kier molecular flexibility index (Phi) is 12.3. The molecule has 52 heavy (non-hydrogen) atoms. The zero-order chi connectivity index (χ0) is 38.2. The molecule has 0 aliphatic rings. The molecular weight excluding hydrogens is 705 g/mol. The molecule has 3 heterocycles. The molecule has 2 amide bonds. The van der Waals surface area contributed by atoms with Crippen LogP contribution in [0.5, 0.6) is 0 Å². The Hall–Kier alpha value is -5.88. The van der Waals surface area contributed by atoms with E-state index in [0.717, 1.165) is 23.3 Å². The second-order valence-corrected chi connectivity index (χ2v) is 13.1. The van der Waals surface area contributed by atoms with Gasteiger partial charge in [-0.05, 0) is 75.7 Å². The smallest absolute Gasteiger partial charge is 0.416 e. The number of pyridine rings is 1. The summed E-state index contributed by atoms with van der Waals surface area (Å²) >= 11 is 0. The van der Waals surface area contributed by atoms with E-state index in [9.17, 15) is 22.8 Å². The topological polar surface area (TPSA) is 184 Å². The average molecular weight is 741 g/mol. The first-order valence-electron chi connectivity index (χ1n) is 15.4. The highest BCUT2D eigenvalue weighted by atomic mass is 32.2. The standard InChI is InChI=1S/C33H31F3N8O3.CH4O3S/c1-20(2)39-32(46)47-19-43-11-5-6-24(17-43)28-9-10-37-31(41-28)42-29-12-23(8-7-21(29)3)30(45)40-26-13-25(33(34,35)36)14-27(15-26)44-16-22(4)38-18-44;1-5(2,3)4/h5-18,20H,19H2,1-4H3,(H2-,37,39,40,41,42,45,46);1H3,(H,2,3,4). The molecule has 14 nitrogen and oxygen atoms in total. The predicted molar refractivity (Wildman–Crippen MR) is 184 cm³/mol. The van der Waals surface area contributed by atoms with Gasteiger partial charge in [-0.25, -0.2) is 28.2 Å². The Bertz CT molecular complexity index is 2170. The number of halogens is 3. The van der Waals surface area contributed by atoms with Crippen molar-refractivity contribution in [2.45, 2.75) is 46.6 Å². The molecule has 0 aliphatic carbocycles. The molecule has 0 aliphatic heterocycles. The first-order chi connectivity index (χ1) is 24.3. The molecule has 0 fully saturated rings. The molecule has 0 atom stereocenters. The molecule has 18 heteroatoms. The highest BCUT2D eigenvalue weighted by molar-refractivity contribution is 7.84. The van der Waals surface area contributed by atoms with E-state index in [2.05, 4.69) is 30.9 Å². The largest absolute Gasteiger partial charge is 0.748 e. The quantitative estimate of drug-likeness (QED) is 0.129. The van der Waals surface area contributed by atoms with Crippen molar-refractivity contribution >= 4 is 39.4 Å². The van der Waals surface area contributed by atoms with Crippen LogP contribution < -0.4 is 20.5 Å². The molecule has 0 saturated heterocycles. The van der Waals surface area contributed by atoms with Crippen molar-refractivity contribution in [3.63, 3.8) is 0 Å². The Balaban J connectivity index is 0.00000113. The number of aryl methyl sites for hydroxylation is 2. The fourth-order valence-electron chi connectivity index (χ4n) is 4.52. The summed E-state index contributed by atoms with van der Waals surface area (Å²) in [5, 5.41) is 8.38. The van der Waals surface area contributed by atoms with Crippen LogP contribution in [0.3, 0.4) is 0 Å². The molecule has 0 spiro atoms. The van der Waals surface area contributed by atoms with Crippen molar-refractivity contribution in [1.82, 2.24) is 24.8 Å². The van der Waals surface area contributed by atoms with Crippen LogP contribution in [0.4, 0.5) is 35.3 Å². The van der Waals surface area contributed by atoms with Crippen LogP contribution in [-0.2, 0) is 27.8 Å². The third-order valence-corrected chi connectivity index (χ3v) is 6.82. The fourth-order valence-corrected chi connectivity index (χ4v) is 4.52. The van der Waals surface area contributed by atoms with Gasteiger partial charge in [-0.1, -0.05) is 6.07 Å². The summed E-state index contributed by atoms with van der Waals surface area (Å²) in [5.41, 5.74) is 2.74. The Morgan fingerprint density at radius 2 is 1.79 bits per heavy atom. The molecular formula is C34H35F3N8O6S. The van der Waals surface area contributed by atoms with Crippen molar-refractivity contribution < 1.29 is 45.0 Å². The van der Waals surface area contributed by atoms with Gasteiger partial charge in [0.15, 0.2) is 12.4 Å². The number of nitrogens with zero attached hydrogens (tertiary/aromatic N) is 5. The van der Waals surface area contributed by atoms with E-state index in [0.29, 0.717) is 23.3 Å². The highest BCUT2D eigenvalue weighted by Gasteiger charge is 2.31. The summed E-state index contributed by atoms with van der Waals surface area (Å²) in [6, 6.07) is 13.5.